The fourth-order valence-corrected chi connectivity index (χ4v) is 2.40. The number of nitrogens with one attached hydrogen (secondary N) is 2. The number of ether oxygens (including phenoxy) is 1. The first-order valence-electron chi connectivity index (χ1n) is 6.48. The van der Waals surface area contributed by atoms with Crippen LogP contribution in [0.1, 0.15) is 40.0 Å². The zero-order valence-corrected chi connectivity index (χ0v) is 12.6. The Morgan fingerprint density at radius 2 is 1.95 bits per heavy atom. The number of nitrogens with two attached hydrogens (primary N) is 1. The normalized spacial score (nSPS) is 13.3. The maximum Gasteiger partial charge on any atom is 0.422 e. The molecule has 4 N–H and O–H groups in total. The molecule has 1 unspecified atom stereocenters. The van der Waals surface area contributed by atoms with E-state index in [-0.39, 0.29) is 18.6 Å². The number of carbonyl (C=O) groups is 1. The van der Waals surface area contributed by atoms with Crippen molar-refractivity contribution in [1.29, 1.82) is 0 Å². The summed E-state index contributed by atoms with van der Waals surface area (Å²) in [7, 11) is -3.87. The molecular weight excluding hydrogens is 270 g/mol. The topological polar surface area (TPSA) is 111 Å². The van der Waals surface area contributed by atoms with Crippen LogP contribution in [0.5, 0.6) is 0 Å². The second kappa shape index (κ2) is 9.11. The number of carbonyl (C=O) groups excluding carboxylic acids is 1. The molecule has 0 aromatic heterocycles. The molecule has 0 aromatic carbocycles. The lowest BCUT2D eigenvalue weighted by Gasteiger charge is -2.16. The SMILES string of the molecule is CCCC(CCN)CNS(=O)(=O)NC(=O)OC(C)C. The second-order valence-corrected chi connectivity index (χ2v) is 6.14. The van der Waals surface area contributed by atoms with Crippen molar-refractivity contribution >= 4 is 16.3 Å². The first-order chi connectivity index (χ1) is 8.80. The van der Waals surface area contributed by atoms with Gasteiger partial charge in [-0.3, -0.25) is 0 Å². The Kier molecular flexibility index (Phi) is 8.70. The van der Waals surface area contributed by atoms with E-state index in [1.54, 1.807) is 18.6 Å². The molecule has 0 aliphatic heterocycles. The maximum atomic E-state index is 11.6. The van der Waals surface area contributed by atoms with Crippen LogP contribution in [0.25, 0.3) is 0 Å². The predicted octanol–water partition coefficient (Wildman–Crippen LogP) is 0.721. The van der Waals surface area contributed by atoms with Crippen LogP contribution in [0.3, 0.4) is 0 Å². The summed E-state index contributed by atoms with van der Waals surface area (Å²) in [5.41, 5.74) is 5.47. The minimum Gasteiger partial charge on any atom is -0.446 e. The molecule has 0 aliphatic rings. The van der Waals surface area contributed by atoms with Gasteiger partial charge in [0, 0.05) is 6.54 Å². The minimum absolute atomic E-state index is 0.174. The van der Waals surface area contributed by atoms with Crippen molar-refractivity contribution in [2.75, 3.05) is 13.1 Å². The fraction of sp³-hybridized carbons (Fsp3) is 0.909. The van der Waals surface area contributed by atoms with Crippen LogP contribution < -0.4 is 15.2 Å². The molecule has 0 saturated carbocycles. The van der Waals surface area contributed by atoms with E-state index in [2.05, 4.69) is 4.72 Å². The van der Waals surface area contributed by atoms with Crippen molar-refractivity contribution in [3.63, 3.8) is 0 Å². The molecule has 19 heavy (non-hydrogen) atoms. The Morgan fingerprint density at radius 3 is 2.42 bits per heavy atom. The molecule has 0 radical (unpaired) electrons. The highest BCUT2D eigenvalue weighted by Gasteiger charge is 2.17. The van der Waals surface area contributed by atoms with Gasteiger partial charge in [-0.05, 0) is 39.2 Å². The molecule has 7 nitrogen and oxygen atoms in total. The molecule has 0 saturated heterocycles. The first kappa shape index (κ1) is 18.1. The summed E-state index contributed by atoms with van der Waals surface area (Å²) < 4.78 is 32.0. The number of rotatable bonds is 9. The van der Waals surface area contributed by atoms with E-state index in [1.165, 1.54) is 0 Å². The van der Waals surface area contributed by atoms with Crippen LogP contribution in [-0.4, -0.2) is 33.7 Å². The quantitative estimate of drug-likeness (QED) is 0.580. The highest BCUT2D eigenvalue weighted by Crippen LogP contribution is 2.09. The summed E-state index contributed by atoms with van der Waals surface area (Å²) in [5, 5.41) is 0. The first-order valence-corrected chi connectivity index (χ1v) is 7.97. The van der Waals surface area contributed by atoms with Gasteiger partial charge in [-0.2, -0.15) is 13.1 Å². The molecule has 114 valence electrons. The highest BCUT2D eigenvalue weighted by atomic mass is 32.2. The van der Waals surface area contributed by atoms with E-state index >= 15 is 0 Å². The molecular formula is C11H25N3O4S. The van der Waals surface area contributed by atoms with Gasteiger partial charge < -0.3 is 10.5 Å². The van der Waals surface area contributed by atoms with Crippen LogP contribution in [0.2, 0.25) is 0 Å². The van der Waals surface area contributed by atoms with Gasteiger partial charge in [0.1, 0.15) is 0 Å². The summed E-state index contributed by atoms with van der Waals surface area (Å²) in [6.07, 6.45) is 1.23. The lowest BCUT2D eigenvalue weighted by Crippen LogP contribution is -2.43. The molecule has 1 amide bonds. The van der Waals surface area contributed by atoms with Crippen molar-refractivity contribution in [1.82, 2.24) is 9.44 Å². The van der Waals surface area contributed by atoms with Gasteiger partial charge in [-0.25, -0.2) is 9.52 Å². The lowest BCUT2D eigenvalue weighted by atomic mass is 10.0. The van der Waals surface area contributed by atoms with Crippen molar-refractivity contribution in [2.24, 2.45) is 11.7 Å². The maximum absolute atomic E-state index is 11.6. The number of hydrogen-bond donors (Lipinski definition) is 3. The Labute approximate surface area is 115 Å². The van der Waals surface area contributed by atoms with E-state index in [4.69, 9.17) is 10.5 Å². The third-order valence-corrected chi connectivity index (χ3v) is 3.38. The molecule has 0 heterocycles. The van der Waals surface area contributed by atoms with Gasteiger partial charge in [-0.1, -0.05) is 13.3 Å². The smallest absolute Gasteiger partial charge is 0.422 e. The van der Waals surface area contributed by atoms with Crippen molar-refractivity contribution in [3.8, 4) is 0 Å². The van der Waals surface area contributed by atoms with Crippen molar-refractivity contribution < 1.29 is 17.9 Å². The van der Waals surface area contributed by atoms with Gasteiger partial charge in [-0.15, -0.1) is 0 Å². The van der Waals surface area contributed by atoms with Crippen LogP contribution in [0.15, 0.2) is 0 Å². The summed E-state index contributed by atoms with van der Waals surface area (Å²) in [6, 6.07) is 0. The Bertz CT molecular complexity index is 351. The van der Waals surface area contributed by atoms with Crippen LogP contribution >= 0.6 is 0 Å². The van der Waals surface area contributed by atoms with Gasteiger partial charge in [0.05, 0.1) is 6.10 Å². The third-order valence-electron chi connectivity index (χ3n) is 2.39. The summed E-state index contributed by atoms with van der Waals surface area (Å²) in [4.78, 5) is 11.2. The van der Waals surface area contributed by atoms with Crippen LogP contribution in [0.4, 0.5) is 4.79 Å². The van der Waals surface area contributed by atoms with Gasteiger partial charge in [0.15, 0.2) is 0 Å². The van der Waals surface area contributed by atoms with Gasteiger partial charge in [0.2, 0.25) is 0 Å². The zero-order valence-electron chi connectivity index (χ0n) is 11.8. The molecule has 8 heteroatoms. The fourth-order valence-electron chi connectivity index (χ4n) is 1.60. The largest absolute Gasteiger partial charge is 0.446 e. The summed E-state index contributed by atoms with van der Waals surface area (Å²) in [5.74, 6) is 0.174. The highest BCUT2D eigenvalue weighted by molar-refractivity contribution is 7.88. The van der Waals surface area contributed by atoms with E-state index in [0.29, 0.717) is 6.54 Å². The molecule has 0 bridgehead atoms. The summed E-state index contributed by atoms with van der Waals surface area (Å²) in [6.45, 7) is 6.07. The average Bonchev–Trinajstić information content (AvgIpc) is 2.24. The van der Waals surface area contributed by atoms with Gasteiger partial charge in [0.25, 0.3) is 0 Å². The predicted molar refractivity (Wildman–Crippen MR) is 73.7 cm³/mol. The summed E-state index contributed by atoms with van der Waals surface area (Å²) >= 11 is 0. The Hall–Kier alpha value is -0.860. The van der Waals surface area contributed by atoms with Gasteiger partial charge >= 0.3 is 16.3 Å². The Balaban J connectivity index is 4.24. The second-order valence-electron chi connectivity index (χ2n) is 4.64. The standard InChI is InChI=1S/C11H25N3O4S/c1-4-5-10(6-7-12)8-13-19(16,17)14-11(15)18-9(2)3/h9-10,13H,4-8,12H2,1-3H3,(H,14,15). The average molecular weight is 295 g/mol. The third kappa shape index (κ3) is 9.69. The molecule has 0 fully saturated rings. The van der Waals surface area contributed by atoms with E-state index in [0.717, 1.165) is 19.3 Å². The number of hydrogen-bond acceptors (Lipinski definition) is 5. The van der Waals surface area contributed by atoms with E-state index < -0.39 is 16.3 Å². The molecule has 0 aliphatic carbocycles. The van der Waals surface area contributed by atoms with E-state index in [1.807, 2.05) is 6.92 Å². The van der Waals surface area contributed by atoms with Crippen molar-refractivity contribution in [3.05, 3.63) is 0 Å². The minimum atomic E-state index is -3.87. The Morgan fingerprint density at radius 1 is 1.32 bits per heavy atom. The molecule has 0 aromatic rings. The molecule has 0 rings (SSSR count). The molecule has 0 spiro atoms. The monoisotopic (exact) mass is 295 g/mol. The van der Waals surface area contributed by atoms with Crippen LogP contribution in [0, 0.1) is 5.92 Å². The lowest BCUT2D eigenvalue weighted by molar-refractivity contribution is 0.121. The molecule has 1 atom stereocenters. The van der Waals surface area contributed by atoms with Crippen molar-refractivity contribution in [2.45, 2.75) is 46.1 Å². The van der Waals surface area contributed by atoms with E-state index in [9.17, 15) is 13.2 Å². The van der Waals surface area contributed by atoms with Crippen LogP contribution in [-0.2, 0) is 14.9 Å². The zero-order chi connectivity index (χ0) is 14.9. The number of amides is 1.